The zero-order chi connectivity index (χ0) is 12.9. The van der Waals surface area contributed by atoms with E-state index in [9.17, 15) is 8.42 Å². The van der Waals surface area contributed by atoms with Gasteiger partial charge in [0, 0.05) is 12.6 Å². The lowest BCUT2D eigenvalue weighted by molar-refractivity contribution is 0.544. The summed E-state index contributed by atoms with van der Waals surface area (Å²) in [4.78, 5) is 0.215. The van der Waals surface area contributed by atoms with E-state index in [1.807, 2.05) is 6.92 Å². The molecule has 0 radical (unpaired) electrons. The Morgan fingerprint density at radius 1 is 1.35 bits per heavy atom. The molecule has 0 amide bonds. The molecule has 1 aromatic rings. The summed E-state index contributed by atoms with van der Waals surface area (Å²) in [5, 5.41) is 3.44. The van der Waals surface area contributed by atoms with E-state index in [0.29, 0.717) is 12.6 Å². The highest BCUT2D eigenvalue weighted by Crippen LogP contribution is 2.21. The van der Waals surface area contributed by atoms with Gasteiger partial charge in [0.2, 0.25) is 0 Å². The lowest BCUT2D eigenvalue weighted by Gasteiger charge is -2.11. The molecule has 0 heterocycles. The van der Waals surface area contributed by atoms with Crippen LogP contribution in [-0.2, 0) is 9.84 Å². The quantitative estimate of drug-likeness (QED) is 0.868. The summed E-state index contributed by atoms with van der Waals surface area (Å²) in [5.41, 5.74) is 0. The van der Waals surface area contributed by atoms with Crippen LogP contribution >= 0.6 is 11.6 Å². The Balaban J connectivity index is 2.67. The number of hydrogen-bond acceptors (Lipinski definition) is 3. The van der Waals surface area contributed by atoms with Gasteiger partial charge in [-0.1, -0.05) is 30.7 Å². The molecule has 1 atom stereocenters. The molecule has 0 aliphatic carbocycles. The van der Waals surface area contributed by atoms with Gasteiger partial charge in [-0.15, -0.1) is 0 Å². The summed E-state index contributed by atoms with van der Waals surface area (Å²) in [5.74, 6) is 0.0705. The number of nitrogens with one attached hydrogen (secondary N) is 1. The standard InChI is InChI=1S/C12H18ClNO2S/c1-3-10(2)14-8-9-17(15,16)12-7-5-4-6-11(12)13/h4-7,10,14H,3,8-9H2,1-2H3. The first-order valence-corrected chi connectivity index (χ1v) is 7.71. The highest BCUT2D eigenvalue weighted by Gasteiger charge is 2.17. The molecule has 1 rings (SSSR count). The van der Waals surface area contributed by atoms with Crippen molar-refractivity contribution >= 4 is 21.4 Å². The van der Waals surface area contributed by atoms with Gasteiger partial charge in [0.1, 0.15) is 0 Å². The Morgan fingerprint density at radius 3 is 2.59 bits per heavy atom. The van der Waals surface area contributed by atoms with Crippen LogP contribution < -0.4 is 5.32 Å². The van der Waals surface area contributed by atoms with Gasteiger partial charge in [-0.05, 0) is 25.5 Å². The van der Waals surface area contributed by atoms with Crippen LogP contribution in [0.15, 0.2) is 29.2 Å². The van der Waals surface area contributed by atoms with Crippen LogP contribution in [0.2, 0.25) is 5.02 Å². The molecule has 0 saturated heterocycles. The van der Waals surface area contributed by atoms with Crippen LogP contribution in [0.25, 0.3) is 0 Å². The van der Waals surface area contributed by atoms with E-state index in [4.69, 9.17) is 11.6 Å². The van der Waals surface area contributed by atoms with Crippen LogP contribution in [0.3, 0.4) is 0 Å². The smallest absolute Gasteiger partial charge is 0.181 e. The zero-order valence-electron chi connectivity index (χ0n) is 10.1. The molecule has 1 aromatic carbocycles. The van der Waals surface area contributed by atoms with Gasteiger partial charge in [0.15, 0.2) is 9.84 Å². The van der Waals surface area contributed by atoms with E-state index in [2.05, 4.69) is 12.2 Å². The molecule has 0 spiro atoms. The lowest BCUT2D eigenvalue weighted by Crippen LogP contribution is -2.30. The van der Waals surface area contributed by atoms with E-state index < -0.39 is 9.84 Å². The Hall–Kier alpha value is -0.580. The van der Waals surface area contributed by atoms with Gasteiger partial charge in [-0.2, -0.15) is 0 Å². The van der Waals surface area contributed by atoms with Gasteiger partial charge in [0.05, 0.1) is 15.7 Å². The van der Waals surface area contributed by atoms with E-state index in [0.717, 1.165) is 6.42 Å². The minimum absolute atomic E-state index is 0.0705. The summed E-state index contributed by atoms with van der Waals surface area (Å²) >= 11 is 5.88. The van der Waals surface area contributed by atoms with Crippen molar-refractivity contribution in [2.24, 2.45) is 0 Å². The molecule has 0 aliphatic rings. The minimum atomic E-state index is -3.29. The third-order valence-electron chi connectivity index (χ3n) is 2.65. The van der Waals surface area contributed by atoms with Crippen molar-refractivity contribution in [2.45, 2.75) is 31.2 Å². The minimum Gasteiger partial charge on any atom is -0.313 e. The normalized spacial score (nSPS) is 13.6. The molecule has 0 aromatic heterocycles. The van der Waals surface area contributed by atoms with Gasteiger partial charge in [0.25, 0.3) is 0 Å². The topological polar surface area (TPSA) is 46.2 Å². The van der Waals surface area contributed by atoms with Gasteiger partial charge >= 0.3 is 0 Å². The first kappa shape index (κ1) is 14.5. The SMILES string of the molecule is CCC(C)NCCS(=O)(=O)c1ccccc1Cl. The molecule has 96 valence electrons. The maximum atomic E-state index is 12.0. The van der Waals surface area contributed by atoms with Gasteiger partial charge < -0.3 is 5.32 Å². The predicted molar refractivity (Wildman–Crippen MR) is 71.3 cm³/mol. The van der Waals surface area contributed by atoms with Crippen LogP contribution in [0.5, 0.6) is 0 Å². The summed E-state index contributed by atoms with van der Waals surface area (Å²) in [6, 6.07) is 6.87. The average Bonchev–Trinajstić information content (AvgIpc) is 2.28. The number of halogens is 1. The van der Waals surface area contributed by atoms with Crippen LogP contribution in [-0.4, -0.2) is 26.8 Å². The largest absolute Gasteiger partial charge is 0.313 e. The Kier molecular flexibility index (Phi) is 5.43. The third kappa shape index (κ3) is 4.30. The molecule has 0 fully saturated rings. The van der Waals surface area contributed by atoms with E-state index in [1.54, 1.807) is 24.3 Å². The lowest BCUT2D eigenvalue weighted by atomic mass is 10.3. The third-order valence-corrected chi connectivity index (χ3v) is 4.86. The molecule has 17 heavy (non-hydrogen) atoms. The van der Waals surface area contributed by atoms with Crippen molar-refractivity contribution in [1.29, 1.82) is 0 Å². The highest BCUT2D eigenvalue weighted by atomic mass is 35.5. The summed E-state index contributed by atoms with van der Waals surface area (Å²) in [7, 11) is -3.29. The summed E-state index contributed by atoms with van der Waals surface area (Å²) in [6.07, 6.45) is 0.978. The average molecular weight is 276 g/mol. The van der Waals surface area contributed by atoms with E-state index in [1.165, 1.54) is 0 Å². The van der Waals surface area contributed by atoms with Crippen LogP contribution in [0.4, 0.5) is 0 Å². The number of sulfone groups is 1. The van der Waals surface area contributed by atoms with Gasteiger partial charge in [-0.3, -0.25) is 0 Å². The molecule has 0 bridgehead atoms. The molecule has 0 saturated carbocycles. The molecule has 0 aliphatic heterocycles. The number of rotatable bonds is 6. The van der Waals surface area contributed by atoms with E-state index in [-0.39, 0.29) is 15.7 Å². The van der Waals surface area contributed by atoms with Crippen molar-refractivity contribution in [2.75, 3.05) is 12.3 Å². The Bertz CT molecular complexity index is 459. The number of benzene rings is 1. The van der Waals surface area contributed by atoms with Crippen molar-refractivity contribution in [3.05, 3.63) is 29.3 Å². The second kappa shape index (κ2) is 6.38. The Morgan fingerprint density at radius 2 is 2.00 bits per heavy atom. The van der Waals surface area contributed by atoms with Crippen molar-refractivity contribution in [3.8, 4) is 0 Å². The fourth-order valence-electron chi connectivity index (χ4n) is 1.39. The van der Waals surface area contributed by atoms with Crippen molar-refractivity contribution in [3.63, 3.8) is 0 Å². The fraction of sp³-hybridized carbons (Fsp3) is 0.500. The highest BCUT2D eigenvalue weighted by molar-refractivity contribution is 7.91. The summed E-state index contributed by atoms with van der Waals surface area (Å²) in [6.45, 7) is 4.53. The van der Waals surface area contributed by atoms with Gasteiger partial charge in [-0.25, -0.2) is 8.42 Å². The van der Waals surface area contributed by atoms with Crippen molar-refractivity contribution < 1.29 is 8.42 Å². The molecule has 3 nitrogen and oxygen atoms in total. The zero-order valence-corrected chi connectivity index (χ0v) is 11.7. The molecule has 1 N–H and O–H groups in total. The molecule has 5 heteroatoms. The second-order valence-corrected chi connectivity index (χ2v) is 6.50. The summed E-state index contributed by atoms with van der Waals surface area (Å²) < 4.78 is 24.0. The van der Waals surface area contributed by atoms with Crippen LogP contribution in [0, 0.1) is 0 Å². The maximum absolute atomic E-state index is 12.0. The Labute approximate surface area is 108 Å². The predicted octanol–water partition coefficient (Wildman–Crippen LogP) is 2.50. The molecular formula is C12H18ClNO2S. The second-order valence-electron chi connectivity index (χ2n) is 4.01. The first-order chi connectivity index (χ1) is 7.97. The van der Waals surface area contributed by atoms with E-state index >= 15 is 0 Å². The number of hydrogen-bond donors (Lipinski definition) is 1. The van der Waals surface area contributed by atoms with Crippen molar-refractivity contribution in [1.82, 2.24) is 5.32 Å². The monoisotopic (exact) mass is 275 g/mol. The molecule has 1 unspecified atom stereocenters. The maximum Gasteiger partial charge on any atom is 0.181 e. The van der Waals surface area contributed by atoms with Crippen LogP contribution in [0.1, 0.15) is 20.3 Å². The first-order valence-electron chi connectivity index (χ1n) is 5.68. The molecular weight excluding hydrogens is 258 g/mol. The fourth-order valence-corrected chi connectivity index (χ4v) is 3.14.